The Balaban J connectivity index is 1.48. The molecule has 33 heavy (non-hydrogen) atoms. The molecule has 0 aromatic heterocycles. The highest BCUT2D eigenvalue weighted by Crippen LogP contribution is 2.23. The summed E-state index contributed by atoms with van der Waals surface area (Å²) in [4.78, 5) is -0.110. The molecule has 0 amide bonds. The van der Waals surface area contributed by atoms with Gasteiger partial charge in [0.2, 0.25) is 0 Å². The van der Waals surface area contributed by atoms with Crippen molar-refractivity contribution >= 4 is 46.0 Å². The Kier molecular flexibility index (Phi) is 6.90. The topological polar surface area (TPSA) is 54.4 Å². The third-order valence-corrected chi connectivity index (χ3v) is 6.44. The molecule has 0 unspecified atom stereocenters. The fourth-order valence-corrected chi connectivity index (χ4v) is 4.29. The normalized spacial score (nSPS) is 11.9. The molecule has 4 aromatic rings. The molecule has 5 heteroatoms. The Morgan fingerprint density at radius 1 is 0.576 bits per heavy atom. The number of benzene rings is 4. The average Bonchev–Trinajstić information content (AvgIpc) is 2.82. The van der Waals surface area contributed by atoms with Gasteiger partial charge in [0.25, 0.3) is 10.1 Å². The van der Waals surface area contributed by atoms with Gasteiger partial charge in [0, 0.05) is 5.02 Å². The lowest BCUT2D eigenvalue weighted by molar-refractivity contribution is 0.483. The SMILES string of the molecule is O=S(=O)(O)c1ccccc1/C=C/c1ccc(-c2ccc(/C=C/c3ccccc3Cl)cc2)cc1. The Morgan fingerprint density at radius 2 is 1.03 bits per heavy atom. The van der Waals surface area contributed by atoms with Gasteiger partial charge >= 0.3 is 0 Å². The molecule has 1 N–H and O–H groups in total. The fraction of sp³-hybridized carbons (Fsp3) is 0. The first-order valence-electron chi connectivity index (χ1n) is 10.3. The van der Waals surface area contributed by atoms with Crippen LogP contribution in [0.1, 0.15) is 22.3 Å². The number of halogens is 1. The van der Waals surface area contributed by atoms with Crippen molar-refractivity contribution in [3.63, 3.8) is 0 Å². The van der Waals surface area contributed by atoms with E-state index in [-0.39, 0.29) is 4.90 Å². The maximum absolute atomic E-state index is 11.5. The zero-order chi connectivity index (χ0) is 23.3. The summed E-state index contributed by atoms with van der Waals surface area (Å²) in [7, 11) is -4.27. The summed E-state index contributed by atoms with van der Waals surface area (Å²) in [6.45, 7) is 0. The highest BCUT2D eigenvalue weighted by atomic mass is 35.5. The predicted octanol–water partition coefficient (Wildman–Crippen LogP) is 7.59. The smallest absolute Gasteiger partial charge is 0.282 e. The Hall–Kier alpha value is -3.44. The second-order valence-corrected chi connectivity index (χ2v) is 9.24. The lowest BCUT2D eigenvalue weighted by Crippen LogP contribution is -2.00. The second-order valence-electron chi connectivity index (χ2n) is 7.45. The Labute approximate surface area is 199 Å². The molecular weight excluding hydrogens is 452 g/mol. The largest absolute Gasteiger partial charge is 0.295 e. The van der Waals surface area contributed by atoms with Crippen molar-refractivity contribution < 1.29 is 13.0 Å². The van der Waals surface area contributed by atoms with Crippen molar-refractivity contribution in [2.45, 2.75) is 4.90 Å². The third-order valence-electron chi connectivity index (χ3n) is 5.17. The van der Waals surface area contributed by atoms with Gasteiger partial charge in [0.05, 0.1) is 0 Å². The van der Waals surface area contributed by atoms with E-state index in [0.29, 0.717) is 5.56 Å². The lowest BCUT2D eigenvalue weighted by atomic mass is 10.0. The zero-order valence-electron chi connectivity index (χ0n) is 17.6. The number of hydrogen-bond donors (Lipinski definition) is 1. The minimum absolute atomic E-state index is 0.110. The van der Waals surface area contributed by atoms with Gasteiger partial charge in [-0.2, -0.15) is 8.42 Å². The van der Waals surface area contributed by atoms with Crippen molar-refractivity contribution in [2.24, 2.45) is 0 Å². The van der Waals surface area contributed by atoms with Crippen molar-refractivity contribution in [1.82, 2.24) is 0 Å². The summed E-state index contributed by atoms with van der Waals surface area (Å²) in [6.07, 6.45) is 7.52. The van der Waals surface area contributed by atoms with E-state index in [1.54, 1.807) is 24.3 Å². The van der Waals surface area contributed by atoms with Gasteiger partial charge in [0.1, 0.15) is 4.90 Å². The molecule has 0 bridgehead atoms. The summed E-state index contributed by atoms with van der Waals surface area (Å²) < 4.78 is 32.4. The second kappa shape index (κ2) is 10.0. The van der Waals surface area contributed by atoms with Gasteiger partial charge in [-0.15, -0.1) is 0 Å². The summed E-state index contributed by atoms with van der Waals surface area (Å²) >= 11 is 6.20. The van der Waals surface area contributed by atoms with Gasteiger partial charge in [0.15, 0.2) is 0 Å². The summed E-state index contributed by atoms with van der Waals surface area (Å²) in [5.41, 5.74) is 5.58. The molecule has 0 aliphatic heterocycles. The van der Waals surface area contributed by atoms with Crippen molar-refractivity contribution in [1.29, 1.82) is 0 Å². The van der Waals surface area contributed by atoms with Crippen LogP contribution in [0.15, 0.2) is 102 Å². The summed E-state index contributed by atoms with van der Waals surface area (Å²) in [5, 5.41) is 0.723. The van der Waals surface area contributed by atoms with E-state index in [4.69, 9.17) is 11.6 Å². The zero-order valence-corrected chi connectivity index (χ0v) is 19.2. The molecule has 0 aliphatic carbocycles. The van der Waals surface area contributed by atoms with E-state index >= 15 is 0 Å². The van der Waals surface area contributed by atoms with Crippen LogP contribution in [0.25, 0.3) is 35.4 Å². The van der Waals surface area contributed by atoms with Crippen LogP contribution in [0.2, 0.25) is 5.02 Å². The van der Waals surface area contributed by atoms with Gasteiger partial charge in [-0.3, -0.25) is 4.55 Å². The third kappa shape index (κ3) is 5.88. The highest BCUT2D eigenvalue weighted by Gasteiger charge is 2.12. The number of hydrogen-bond acceptors (Lipinski definition) is 2. The molecular formula is C28H21ClO3S. The maximum Gasteiger partial charge on any atom is 0.295 e. The van der Waals surface area contributed by atoms with Crippen LogP contribution in [0.4, 0.5) is 0 Å². The minimum Gasteiger partial charge on any atom is -0.282 e. The van der Waals surface area contributed by atoms with E-state index in [1.165, 1.54) is 6.07 Å². The molecule has 164 valence electrons. The fourth-order valence-electron chi connectivity index (χ4n) is 3.41. The van der Waals surface area contributed by atoms with Crippen molar-refractivity contribution in [3.05, 3.63) is 124 Å². The van der Waals surface area contributed by atoms with Crippen molar-refractivity contribution in [3.8, 4) is 11.1 Å². The van der Waals surface area contributed by atoms with Gasteiger partial charge in [-0.25, -0.2) is 0 Å². The molecule has 0 heterocycles. The molecule has 0 fully saturated rings. The van der Waals surface area contributed by atoms with Crippen LogP contribution in [-0.4, -0.2) is 13.0 Å². The van der Waals surface area contributed by atoms with E-state index in [1.807, 2.05) is 66.8 Å². The first-order valence-corrected chi connectivity index (χ1v) is 12.1. The summed E-state index contributed by atoms with van der Waals surface area (Å²) in [5.74, 6) is 0. The van der Waals surface area contributed by atoms with Crippen LogP contribution in [-0.2, 0) is 10.1 Å². The van der Waals surface area contributed by atoms with Crippen LogP contribution < -0.4 is 0 Å². The van der Waals surface area contributed by atoms with Crippen LogP contribution in [0, 0.1) is 0 Å². The summed E-state index contributed by atoms with van der Waals surface area (Å²) in [6, 6.07) is 30.3. The first kappa shape index (κ1) is 22.7. The molecule has 0 saturated carbocycles. The van der Waals surface area contributed by atoms with E-state index < -0.39 is 10.1 Å². The molecule has 4 rings (SSSR count). The molecule has 0 spiro atoms. The van der Waals surface area contributed by atoms with Gasteiger partial charge in [-0.05, 0) is 45.5 Å². The predicted molar refractivity (Wildman–Crippen MR) is 137 cm³/mol. The molecule has 0 atom stereocenters. The maximum atomic E-state index is 11.5. The molecule has 4 aromatic carbocycles. The van der Waals surface area contributed by atoms with Gasteiger partial charge in [-0.1, -0.05) is 121 Å². The monoisotopic (exact) mass is 472 g/mol. The quantitative estimate of drug-likeness (QED) is 0.232. The molecule has 0 saturated heterocycles. The Morgan fingerprint density at radius 3 is 1.55 bits per heavy atom. The van der Waals surface area contributed by atoms with Crippen LogP contribution in [0.5, 0.6) is 0 Å². The Bertz CT molecular complexity index is 1420. The van der Waals surface area contributed by atoms with Crippen LogP contribution >= 0.6 is 11.6 Å². The molecule has 0 aliphatic rings. The van der Waals surface area contributed by atoms with E-state index in [2.05, 4.69) is 24.3 Å². The van der Waals surface area contributed by atoms with E-state index in [9.17, 15) is 13.0 Å². The first-order chi connectivity index (χ1) is 15.9. The van der Waals surface area contributed by atoms with Crippen LogP contribution in [0.3, 0.4) is 0 Å². The lowest BCUT2D eigenvalue weighted by Gasteiger charge is -2.04. The average molecular weight is 473 g/mol. The standard InChI is InChI=1S/C28H21ClO3S/c29-27-7-3-1-5-25(27)19-13-21-9-15-23(16-10-21)24-17-11-22(12-18-24)14-20-26-6-2-4-8-28(26)33(30,31)32/h1-20H,(H,30,31,32)/b19-13+,20-14+. The molecule has 3 nitrogen and oxygen atoms in total. The van der Waals surface area contributed by atoms with Crippen molar-refractivity contribution in [2.75, 3.05) is 0 Å². The van der Waals surface area contributed by atoms with E-state index in [0.717, 1.165) is 32.8 Å². The number of rotatable bonds is 6. The highest BCUT2D eigenvalue weighted by molar-refractivity contribution is 7.85. The minimum atomic E-state index is -4.27. The molecule has 0 radical (unpaired) electrons. The van der Waals surface area contributed by atoms with Gasteiger partial charge < -0.3 is 0 Å².